The second-order valence-corrected chi connectivity index (χ2v) is 5.33. The molecule has 7 heteroatoms. The molecule has 0 radical (unpaired) electrons. The van der Waals surface area contributed by atoms with Crippen molar-refractivity contribution >= 4 is 18.4 Å². The molecule has 0 aromatic carbocycles. The van der Waals surface area contributed by atoms with Crippen LogP contribution in [0, 0.1) is 0 Å². The van der Waals surface area contributed by atoms with Gasteiger partial charge in [-0.15, -0.1) is 12.4 Å². The van der Waals surface area contributed by atoms with Gasteiger partial charge in [-0.2, -0.15) is 0 Å². The molecule has 0 spiro atoms. The van der Waals surface area contributed by atoms with Crippen LogP contribution in [0.4, 0.5) is 0 Å². The van der Waals surface area contributed by atoms with E-state index in [0.29, 0.717) is 31.6 Å². The molecule has 2 N–H and O–H groups in total. The molecule has 2 aliphatic heterocycles. The van der Waals surface area contributed by atoms with Crippen molar-refractivity contribution in [1.82, 2.24) is 9.88 Å². The molecule has 1 saturated heterocycles. The van der Waals surface area contributed by atoms with Crippen LogP contribution >= 0.6 is 12.4 Å². The van der Waals surface area contributed by atoms with Gasteiger partial charge in [0, 0.05) is 19.3 Å². The number of aromatic nitrogens is 1. The Morgan fingerprint density at radius 3 is 3.00 bits per heavy atom. The molecule has 3 rings (SSSR count). The molecule has 21 heavy (non-hydrogen) atoms. The first-order chi connectivity index (χ1) is 9.66. The van der Waals surface area contributed by atoms with Crippen LogP contribution in [0.1, 0.15) is 34.3 Å². The van der Waals surface area contributed by atoms with Gasteiger partial charge >= 0.3 is 5.97 Å². The lowest BCUT2D eigenvalue weighted by atomic mass is 9.97. The van der Waals surface area contributed by atoms with Gasteiger partial charge in [0.2, 0.25) is 0 Å². The number of nitrogens with one attached hydrogen (secondary N) is 1. The quantitative estimate of drug-likeness (QED) is 0.862. The fraction of sp³-hybridized carbons (Fsp3) is 0.571. The summed E-state index contributed by atoms with van der Waals surface area (Å²) in [4.78, 5) is 23.8. The number of fused-ring (bicyclic) bond motifs is 1. The van der Waals surface area contributed by atoms with Gasteiger partial charge < -0.3 is 19.7 Å². The monoisotopic (exact) mass is 314 g/mol. The van der Waals surface area contributed by atoms with Crippen molar-refractivity contribution < 1.29 is 14.6 Å². The van der Waals surface area contributed by atoms with Crippen molar-refractivity contribution in [3.05, 3.63) is 33.2 Å². The molecule has 1 unspecified atom stereocenters. The summed E-state index contributed by atoms with van der Waals surface area (Å²) in [6.07, 6.45) is 4.32. The summed E-state index contributed by atoms with van der Waals surface area (Å²) in [6.45, 7) is 2.48. The van der Waals surface area contributed by atoms with Crippen LogP contribution in [-0.4, -0.2) is 34.9 Å². The highest BCUT2D eigenvalue weighted by atomic mass is 35.5. The Bertz CT molecular complexity index is 593. The number of aromatic carboxylic acids is 1. The Hall–Kier alpha value is -1.37. The van der Waals surface area contributed by atoms with Crippen LogP contribution in [0.5, 0.6) is 0 Å². The minimum Gasteiger partial charge on any atom is -0.477 e. The maximum atomic E-state index is 12.4. The van der Waals surface area contributed by atoms with Crippen LogP contribution in [0.25, 0.3) is 0 Å². The topological polar surface area (TPSA) is 80.6 Å². The summed E-state index contributed by atoms with van der Waals surface area (Å²) < 4.78 is 7.04. The molecular weight excluding hydrogens is 296 g/mol. The molecule has 0 saturated carbocycles. The molecule has 1 aromatic heterocycles. The summed E-state index contributed by atoms with van der Waals surface area (Å²) in [7, 11) is 0. The Morgan fingerprint density at radius 2 is 2.33 bits per heavy atom. The smallest absolute Gasteiger partial charge is 0.341 e. The van der Waals surface area contributed by atoms with E-state index in [1.165, 1.54) is 4.57 Å². The third kappa shape index (κ3) is 3.12. The van der Waals surface area contributed by atoms with E-state index in [0.717, 1.165) is 25.0 Å². The van der Waals surface area contributed by atoms with E-state index in [2.05, 4.69) is 5.32 Å². The number of carbonyl (C=O) groups is 1. The SMILES string of the molecule is Cl.O=C(O)c1c2c(cn(CC3CCCO3)c1=O)CNCC2. The van der Waals surface area contributed by atoms with Gasteiger partial charge in [-0.05, 0) is 36.9 Å². The molecule has 3 heterocycles. The number of ether oxygens (including phenoxy) is 1. The minimum atomic E-state index is -1.13. The number of nitrogens with zero attached hydrogens (tertiary/aromatic N) is 1. The summed E-state index contributed by atoms with van der Waals surface area (Å²) in [5.74, 6) is -1.13. The largest absolute Gasteiger partial charge is 0.477 e. The number of hydrogen-bond acceptors (Lipinski definition) is 4. The standard InChI is InChI=1S/C14H18N2O4.ClH/c17-13-12(14(18)19)11-3-4-15-6-9(11)7-16(13)8-10-2-1-5-20-10;/h7,10,15H,1-6,8H2,(H,18,19);1H. The molecule has 1 atom stereocenters. The lowest BCUT2D eigenvalue weighted by Gasteiger charge is -2.21. The van der Waals surface area contributed by atoms with E-state index in [1.807, 2.05) is 0 Å². The normalized spacial score (nSPS) is 20.7. The maximum Gasteiger partial charge on any atom is 0.341 e. The fourth-order valence-corrected chi connectivity index (χ4v) is 3.00. The van der Waals surface area contributed by atoms with E-state index >= 15 is 0 Å². The second-order valence-electron chi connectivity index (χ2n) is 5.33. The zero-order valence-electron chi connectivity index (χ0n) is 11.6. The Kier molecular flexibility index (Phi) is 5.03. The fourth-order valence-electron chi connectivity index (χ4n) is 3.00. The van der Waals surface area contributed by atoms with Gasteiger partial charge in [0.15, 0.2) is 0 Å². The molecule has 2 aliphatic rings. The van der Waals surface area contributed by atoms with Crippen LogP contribution < -0.4 is 10.9 Å². The number of rotatable bonds is 3. The average molecular weight is 315 g/mol. The summed E-state index contributed by atoms with van der Waals surface area (Å²) in [5.41, 5.74) is 1.12. The predicted molar refractivity (Wildman–Crippen MR) is 79.3 cm³/mol. The first-order valence-corrected chi connectivity index (χ1v) is 6.97. The van der Waals surface area contributed by atoms with Crippen LogP contribution in [-0.2, 0) is 24.2 Å². The van der Waals surface area contributed by atoms with E-state index < -0.39 is 11.5 Å². The number of carboxylic acid groups (broad SMARTS) is 1. The maximum absolute atomic E-state index is 12.4. The van der Waals surface area contributed by atoms with Crippen molar-refractivity contribution in [3.8, 4) is 0 Å². The van der Waals surface area contributed by atoms with Gasteiger partial charge in [-0.1, -0.05) is 0 Å². The second kappa shape index (κ2) is 6.60. The first kappa shape index (κ1) is 16.0. The van der Waals surface area contributed by atoms with Gasteiger partial charge in [0.25, 0.3) is 5.56 Å². The third-order valence-electron chi connectivity index (χ3n) is 3.98. The Morgan fingerprint density at radius 1 is 1.52 bits per heavy atom. The van der Waals surface area contributed by atoms with Crippen molar-refractivity contribution in [2.45, 2.75) is 38.5 Å². The summed E-state index contributed by atoms with van der Waals surface area (Å²) >= 11 is 0. The van der Waals surface area contributed by atoms with Crippen LogP contribution in [0.2, 0.25) is 0 Å². The molecule has 0 amide bonds. The van der Waals surface area contributed by atoms with E-state index in [4.69, 9.17) is 4.74 Å². The Labute approximate surface area is 128 Å². The number of halogens is 1. The molecule has 0 bridgehead atoms. The first-order valence-electron chi connectivity index (χ1n) is 6.97. The lowest BCUT2D eigenvalue weighted by Crippen LogP contribution is -2.36. The minimum absolute atomic E-state index is 0. The molecule has 116 valence electrons. The van der Waals surface area contributed by atoms with Gasteiger partial charge in [0.1, 0.15) is 5.56 Å². The molecule has 6 nitrogen and oxygen atoms in total. The van der Waals surface area contributed by atoms with Gasteiger partial charge in [-0.25, -0.2) is 4.79 Å². The molecule has 0 aliphatic carbocycles. The van der Waals surface area contributed by atoms with Crippen molar-refractivity contribution in [3.63, 3.8) is 0 Å². The summed E-state index contributed by atoms with van der Waals surface area (Å²) in [5, 5.41) is 12.5. The predicted octanol–water partition coefficient (Wildman–Crippen LogP) is 0.793. The van der Waals surface area contributed by atoms with E-state index in [1.54, 1.807) is 6.20 Å². The Balaban J connectivity index is 0.00000161. The van der Waals surface area contributed by atoms with E-state index in [-0.39, 0.29) is 24.1 Å². The third-order valence-corrected chi connectivity index (χ3v) is 3.98. The highest BCUT2D eigenvalue weighted by Gasteiger charge is 2.24. The number of hydrogen-bond donors (Lipinski definition) is 2. The van der Waals surface area contributed by atoms with Crippen LogP contribution in [0.15, 0.2) is 11.0 Å². The molecular formula is C14H19ClN2O4. The van der Waals surface area contributed by atoms with Gasteiger partial charge in [-0.3, -0.25) is 4.79 Å². The highest BCUT2D eigenvalue weighted by molar-refractivity contribution is 5.89. The lowest BCUT2D eigenvalue weighted by molar-refractivity contribution is 0.0689. The number of carboxylic acids is 1. The number of pyridine rings is 1. The van der Waals surface area contributed by atoms with Crippen molar-refractivity contribution in [1.29, 1.82) is 0 Å². The highest BCUT2D eigenvalue weighted by Crippen LogP contribution is 2.18. The van der Waals surface area contributed by atoms with E-state index in [9.17, 15) is 14.7 Å². The summed E-state index contributed by atoms with van der Waals surface area (Å²) in [6, 6.07) is 0. The van der Waals surface area contributed by atoms with Crippen LogP contribution in [0.3, 0.4) is 0 Å². The van der Waals surface area contributed by atoms with Crippen molar-refractivity contribution in [2.75, 3.05) is 13.2 Å². The average Bonchev–Trinajstić information content (AvgIpc) is 2.92. The molecule has 1 fully saturated rings. The zero-order chi connectivity index (χ0) is 14.1. The molecule has 1 aromatic rings. The zero-order valence-corrected chi connectivity index (χ0v) is 12.4. The van der Waals surface area contributed by atoms with Crippen molar-refractivity contribution in [2.24, 2.45) is 0 Å². The van der Waals surface area contributed by atoms with Gasteiger partial charge in [0.05, 0.1) is 12.6 Å².